The van der Waals surface area contributed by atoms with E-state index in [0.29, 0.717) is 11.3 Å². The number of aliphatic hydroxyl groups is 1. The fourth-order valence-electron chi connectivity index (χ4n) is 1.33. The fourth-order valence-corrected chi connectivity index (χ4v) is 1.85. The van der Waals surface area contributed by atoms with E-state index in [4.69, 9.17) is 4.74 Å². The molecule has 0 bridgehead atoms. The Labute approximate surface area is 102 Å². The Kier molecular flexibility index (Phi) is 4.32. The molecule has 4 nitrogen and oxygen atoms in total. The van der Waals surface area contributed by atoms with Crippen molar-refractivity contribution >= 4 is 21.9 Å². The molecule has 0 aliphatic heterocycles. The van der Waals surface area contributed by atoms with Gasteiger partial charge in [-0.3, -0.25) is 0 Å². The second kappa shape index (κ2) is 5.32. The van der Waals surface area contributed by atoms with Crippen LogP contribution in [0, 0.1) is 6.92 Å². The Bertz CT molecular complexity index is 403. The summed E-state index contributed by atoms with van der Waals surface area (Å²) in [5.41, 5.74) is 1.34. The van der Waals surface area contributed by atoms with Gasteiger partial charge in [0, 0.05) is 5.56 Å². The van der Waals surface area contributed by atoms with Gasteiger partial charge in [-0.25, -0.2) is 4.79 Å². The number of carbonyl (C=O) groups excluding carboxylic acids is 1. The van der Waals surface area contributed by atoms with Crippen molar-refractivity contribution in [3.8, 4) is 5.75 Å². The van der Waals surface area contributed by atoms with E-state index in [1.54, 1.807) is 12.1 Å². The van der Waals surface area contributed by atoms with Gasteiger partial charge in [0.1, 0.15) is 5.75 Å². The van der Waals surface area contributed by atoms with Gasteiger partial charge in [-0.05, 0) is 28.4 Å². The van der Waals surface area contributed by atoms with Crippen LogP contribution in [-0.4, -0.2) is 25.3 Å². The molecule has 1 rings (SSSR count). The fraction of sp³-hybridized carbons (Fsp3) is 0.364. The molecule has 1 aromatic carbocycles. The van der Waals surface area contributed by atoms with Crippen LogP contribution in [0.4, 0.5) is 0 Å². The minimum absolute atomic E-state index is 0.381. The lowest BCUT2D eigenvalue weighted by Gasteiger charge is -2.15. The first-order valence-corrected chi connectivity index (χ1v) is 5.41. The molecule has 0 heterocycles. The van der Waals surface area contributed by atoms with E-state index in [9.17, 15) is 9.90 Å². The normalized spacial score (nSPS) is 12.1. The van der Waals surface area contributed by atoms with Gasteiger partial charge in [-0.1, -0.05) is 12.1 Å². The maximum Gasteiger partial charge on any atom is 0.339 e. The highest BCUT2D eigenvalue weighted by atomic mass is 79.9. The van der Waals surface area contributed by atoms with Gasteiger partial charge >= 0.3 is 5.97 Å². The zero-order chi connectivity index (χ0) is 12.3. The molecule has 16 heavy (non-hydrogen) atoms. The van der Waals surface area contributed by atoms with Gasteiger partial charge < -0.3 is 14.6 Å². The standard InChI is InChI=1S/C11H13BrO4/c1-6-4-5-7(9(13)11(14)16-3)10(15-2)8(6)12/h4-5,9,13H,1-3H3. The minimum Gasteiger partial charge on any atom is -0.495 e. The van der Waals surface area contributed by atoms with Crippen LogP contribution in [0.1, 0.15) is 17.2 Å². The molecule has 0 aliphatic carbocycles. The van der Waals surface area contributed by atoms with Crippen molar-refractivity contribution in [3.63, 3.8) is 0 Å². The highest BCUT2D eigenvalue weighted by Crippen LogP contribution is 2.35. The third-order valence-electron chi connectivity index (χ3n) is 2.24. The Morgan fingerprint density at radius 3 is 2.56 bits per heavy atom. The first kappa shape index (κ1) is 13.0. The van der Waals surface area contributed by atoms with E-state index in [2.05, 4.69) is 20.7 Å². The van der Waals surface area contributed by atoms with E-state index in [1.165, 1.54) is 14.2 Å². The maximum absolute atomic E-state index is 11.2. The first-order valence-electron chi connectivity index (χ1n) is 4.61. The summed E-state index contributed by atoms with van der Waals surface area (Å²) in [6, 6.07) is 3.43. The molecule has 5 heteroatoms. The van der Waals surface area contributed by atoms with Crippen LogP contribution in [0.25, 0.3) is 0 Å². The van der Waals surface area contributed by atoms with E-state index in [1.807, 2.05) is 6.92 Å². The number of aliphatic hydroxyl groups excluding tert-OH is 1. The largest absolute Gasteiger partial charge is 0.495 e. The number of esters is 1. The lowest BCUT2D eigenvalue weighted by Crippen LogP contribution is -2.14. The molecule has 1 atom stereocenters. The van der Waals surface area contributed by atoms with Gasteiger partial charge in [0.15, 0.2) is 6.10 Å². The monoisotopic (exact) mass is 288 g/mol. The quantitative estimate of drug-likeness (QED) is 0.864. The molecule has 0 spiro atoms. The minimum atomic E-state index is -1.34. The van der Waals surface area contributed by atoms with Crippen LogP contribution in [0.15, 0.2) is 16.6 Å². The smallest absolute Gasteiger partial charge is 0.339 e. The number of hydrogen-bond donors (Lipinski definition) is 1. The molecule has 88 valence electrons. The first-order chi connectivity index (χ1) is 7.52. The van der Waals surface area contributed by atoms with Crippen LogP contribution in [0.2, 0.25) is 0 Å². The summed E-state index contributed by atoms with van der Waals surface area (Å²) >= 11 is 3.34. The molecule has 0 amide bonds. The van der Waals surface area contributed by atoms with E-state index in [0.717, 1.165) is 10.0 Å². The van der Waals surface area contributed by atoms with Crippen LogP contribution in [0.5, 0.6) is 5.75 Å². The predicted octanol–water partition coefficient (Wildman–Crippen LogP) is 1.97. The molecular formula is C11H13BrO4. The molecule has 0 aliphatic rings. The molecule has 0 radical (unpaired) electrons. The zero-order valence-corrected chi connectivity index (χ0v) is 10.9. The Hall–Kier alpha value is -1.07. The Morgan fingerprint density at radius 2 is 2.06 bits per heavy atom. The van der Waals surface area contributed by atoms with Crippen LogP contribution >= 0.6 is 15.9 Å². The zero-order valence-electron chi connectivity index (χ0n) is 9.28. The maximum atomic E-state index is 11.2. The van der Waals surface area contributed by atoms with Crippen molar-refractivity contribution in [1.29, 1.82) is 0 Å². The summed E-state index contributed by atoms with van der Waals surface area (Å²) in [7, 11) is 2.70. The van der Waals surface area contributed by atoms with Gasteiger partial charge in [-0.15, -0.1) is 0 Å². The molecular weight excluding hydrogens is 276 g/mol. The van der Waals surface area contributed by atoms with Crippen molar-refractivity contribution in [2.45, 2.75) is 13.0 Å². The third kappa shape index (κ3) is 2.36. The number of aryl methyl sites for hydroxylation is 1. The molecule has 1 unspecified atom stereocenters. The van der Waals surface area contributed by atoms with Crippen molar-refractivity contribution in [1.82, 2.24) is 0 Å². The number of benzene rings is 1. The van der Waals surface area contributed by atoms with Crippen LogP contribution in [-0.2, 0) is 9.53 Å². The summed E-state index contributed by atoms with van der Waals surface area (Å²) in [4.78, 5) is 11.2. The highest BCUT2D eigenvalue weighted by molar-refractivity contribution is 9.10. The Balaban J connectivity index is 3.23. The van der Waals surface area contributed by atoms with E-state index in [-0.39, 0.29) is 0 Å². The molecule has 1 aromatic rings. The van der Waals surface area contributed by atoms with E-state index < -0.39 is 12.1 Å². The van der Waals surface area contributed by atoms with Crippen molar-refractivity contribution in [3.05, 3.63) is 27.7 Å². The van der Waals surface area contributed by atoms with Gasteiger partial charge in [0.05, 0.1) is 18.7 Å². The lowest BCUT2D eigenvalue weighted by atomic mass is 10.1. The third-order valence-corrected chi connectivity index (χ3v) is 3.23. The molecule has 1 N–H and O–H groups in total. The number of hydrogen-bond acceptors (Lipinski definition) is 4. The SMILES string of the molecule is COC(=O)C(O)c1ccc(C)c(Br)c1OC. The predicted molar refractivity (Wildman–Crippen MR) is 62.4 cm³/mol. The van der Waals surface area contributed by atoms with E-state index >= 15 is 0 Å². The Morgan fingerprint density at radius 1 is 1.44 bits per heavy atom. The summed E-state index contributed by atoms with van der Waals surface area (Å²) in [5, 5.41) is 9.74. The number of halogens is 1. The average Bonchev–Trinajstić information content (AvgIpc) is 2.30. The molecule has 0 saturated carbocycles. The summed E-state index contributed by atoms with van der Waals surface area (Å²) in [6.07, 6.45) is -1.34. The number of carbonyl (C=O) groups is 1. The van der Waals surface area contributed by atoms with Gasteiger partial charge in [0.25, 0.3) is 0 Å². The van der Waals surface area contributed by atoms with Crippen molar-refractivity contribution in [2.24, 2.45) is 0 Å². The van der Waals surface area contributed by atoms with Crippen molar-refractivity contribution < 1.29 is 19.4 Å². The second-order valence-electron chi connectivity index (χ2n) is 3.24. The molecule has 0 fully saturated rings. The molecule has 0 aromatic heterocycles. The van der Waals surface area contributed by atoms with Crippen LogP contribution in [0.3, 0.4) is 0 Å². The number of ether oxygens (including phenoxy) is 2. The molecule has 0 saturated heterocycles. The van der Waals surface area contributed by atoms with Gasteiger partial charge in [-0.2, -0.15) is 0 Å². The van der Waals surface area contributed by atoms with Gasteiger partial charge in [0.2, 0.25) is 0 Å². The number of rotatable bonds is 3. The second-order valence-corrected chi connectivity index (χ2v) is 4.04. The summed E-state index contributed by atoms with van der Waals surface area (Å²) in [5.74, 6) is -0.271. The highest BCUT2D eigenvalue weighted by Gasteiger charge is 2.23. The lowest BCUT2D eigenvalue weighted by molar-refractivity contribution is -0.150. The summed E-state index contributed by atoms with van der Waals surface area (Å²) in [6.45, 7) is 1.89. The van der Waals surface area contributed by atoms with Crippen LogP contribution < -0.4 is 4.74 Å². The average molecular weight is 289 g/mol. The number of methoxy groups -OCH3 is 2. The van der Waals surface area contributed by atoms with Crippen molar-refractivity contribution in [2.75, 3.05) is 14.2 Å². The summed E-state index contributed by atoms with van der Waals surface area (Å²) < 4.78 is 10.4. The topological polar surface area (TPSA) is 55.8 Å².